The largest absolute Gasteiger partial charge is 0.269 e. The van der Waals surface area contributed by atoms with Gasteiger partial charge in [-0.05, 0) is 170 Å². The highest BCUT2D eigenvalue weighted by Crippen LogP contribution is 2.93. The minimum atomic E-state index is -1.59. The van der Waals surface area contributed by atoms with Gasteiger partial charge in [-0.15, -0.1) is 0 Å². The molecule has 1 saturated carbocycles. The fourth-order valence-corrected chi connectivity index (χ4v) is 34.3. The Morgan fingerprint density at radius 3 is 1.17 bits per heavy atom. The lowest BCUT2D eigenvalue weighted by Gasteiger charge is -2.84. The summed E-state index contributed by atoms with van der Waals surface area (Å²) in [6.07, 6.45) is 26.2. The second-order valence-corrected chi connectivity index (χ2v) is 47.7. The minimum absolute atomic E-state index is 0.0784. The van der Waals surface area contributed by atoms with Crippen molar-refractivity contribution < 1.29 is 9.85 Å². The van der Waals surface area contributed by atoms with Crippen LogP contribution in [0.1, 0.15) is 284 Å². The van der Waals surface area contributed by atoms with Crippen LogP contribution in [0.15, 0.2) is 224 Å². The average Bonchev–Trinajstić information content (AvgIpc) is 0.606. The number of non-ortho nitro benzene ring substituents is 2. The number of rotatable bonds is 39. The summed E-state index contributed by atoms with van der Waals surface area (Å²) in [5.74, 6) is -0.142. The lowest BCUT2D eigenvalue weighted by Crippen LogP contribution is -2.88. The Morgan fingerprint density at radius 1 is 0.405 bits per heavy atom. The molecule has 1 aliphatic carbocycles. The van der Waals surface area contributed by atoms with Gasteiger partial charge >= 0.3 is 0 Å². The lowest BCUT2D eigenvalue weighted by molar-refractivity contribution is -0.385. The summed E-state index contributed by atoms with van der Waals surface area (Å²) in [7, 11) is 0. The van der Waals surface area contributed by atoms with Gasteiger partial charge in [-0.25, -0.2) is 0 Å². The summed E-state index contributed by atoms with van der Waals surface area (Å²) in [4.78, 5) is 28.1. The lowest BCUT2D eigenvalue weighted by atomic mass is 9.27. The molecule has 10 rings (SSSR count). The molecule has 9 aromatic rings. The van der Waals surface area contributed by atoms with Gasteiger partial charge in [-0.3, -0.25) is 20.2 Å². The normalized spacial score (nSPS) is 21.2. The Balaban J connectivity index is 1.62. The molecule has 0 aromatic heterocycles. The predicted octanol–water partition coefficient (Wildman–Crippen LogP) is 34.3. The first-order valence-electron chi connectivity index (χ1n) is 42.4. The molecule has 0 spiro atoms. The topological polar surface area (TPSA) is 86.3 Å². The van der Waals surface area contributed by atoms with Crippen LogP contribution in [-0.2, 0) is 36.4 Å². The van der Waals surface area contributed by atoms with E-state index >= 15 is 0 Å². The average molecular weight is 2380 g/mol. The Hall–Kier alpha value is -2.53. The summed E-state index contributed by atoms with van der Waals surface area (Å²) in [5.41, 5.74) is 8.24. The van der Waals surface area contributed by atoms with Crippen LogP contribution in [0.25, 0.3) is 0 Å². The van der Waals surface area contributed by atoms with E-state index in [0.717, 1.165) is 91.2 Å². The Labute approximate surface area is 801 Å². The van der Waals surface area contributed by atoms with Crippen LogP contribution in [0.2, 0.25) is 10.0 Å². The van der Waals surface area contributed by atoms with Gasteiger partial charge in [-0.2, -0.15) is 0 Å². The van der Waals surface area contributed by atoms with Gasteiger partial charge in [0.1, 0.15) is 0 Å². The molecule has 7 atom stereocenters. The van der Waals surface area contributed by atoms with Crippen molar-refractivity contribution in [2.24, 2.45) is 16.7 Å². The third kappa shape index (κ3) is 18.6. The highest BCUT2D eigenvalue weighted by molar-refractivity contribution is 14.1. The number of hydrogen-bond donors (Lipinski definition) is 0. The molecule has 0 saturated heterocycles. The number of aryl methyl sites for hydroxylation is 1. The Bertz CT molecular complexity index is 4580. The number of hydrogen-bond acceptors (Lipinski definition) is 4. The van der Waals surface area contributed by atoms with Crippen LogP contribution >= 0.6 is 181 Å². The number of halogens is 9. The van der Waals surface area contributed by atoms with Crippen molar-refractivity contribution in [3.63, 3.8) is 0 Å². The van der Waals surface area contributed by atoms with Gasteiger partial charge < -0.3 is 0 Å². The molecule has 0 heterocycles. The van der Waals surface area contributed by atoms with Crippen LogP contribution in [-0.4, -0.2) is 16.7 Å². The summed E-state index contributed by atoms with van der Waals surface area (Å²) in [6, 6.07) is 82.9. The zero-order valence-corrected chi connectivity index (χ0v) is 86.5. The molecule has 7 unspecified atom stereocenters. The molecule has 0 radical (unpaired) electrons. The first-order chi connectivity index (χ1) is 55.1. The fraction of sp³-hybridized carbons (Fsp3) is 0.465. The molecule has 6 nitrogen and oxygen atoms in total. The molecule has 116 heavy (non-hydrogen) atoms. The van der Waals surface area contributed by atoms with Gasteiger partial charge in [0.05, 0.1) is 27.0 Å². The van der Waals surface area contributed by atoms with E-state index in [-0.39, 0.29) is 38.0 Å². The molecule has 0 amide bonds. The second-order valence-electron chi connectivity index (χ2n) is 35.6. The van der Waals surface area contributed by atoms with Crippen LogP contribution in [0, 0.1) is 47.5 Å². The van der Waals surface area contributed by atoms with E-state index in [0.29, 0.717) is 34.0 Å². The molecule has 0 aliphatic heterocycles. The SMILES string of the molecule is CCCCCCCCCCCCC1(I)C(CCCCCCCCCCCC)(Cc2ccc(I)cc2)C(I)(c2ccc(Cl)cc2)C(c2ccccc2)(c2ccc(Cl)cc2)C(CC(C)C)(C(I)(C(I)(c2ccc(C(C)(C)C)cc2)c2ccc(C(C)(C)C)cc2)C(I)(c2cccc([N+](=O)[O-])c2)c2cccc([N+](=O)[O-])c2)C1(I)c1ccc(C)cc1. The highest BCUT2D eigenvalue weighted by atomic mass is 127. The quantitative estimate of drug-likeness (QED) is 0.0126. The standard InChI is InChI=1S/C101H119Cl2I7N2O4/c1-12-14-16-18-20-22-24-26-28-33-67-93(72-75-45-65-88(104)66-46-75)95(105,68-34-29-27-25-23-21-19-17-15-13-2)100(109,83-47-43-74(5)44-48-83)94(71-73(3)4,96(78-37-31-30-32-38-78,79-57-61-86(102)62-58-79)99(93,108)82-59-63-87(103)64-60-82)101(110,98(107,84-39-35-41-89(69-84)111(113)114)85-40-36-42-90(70-85)112(115)116)97(106,80-53-49-76(50-54-80)91(6,7)8)81-55-51-77(52-56-81)92(9,10)11/h30-32,35-66,69-70,73H,12-29,33-34,67-68,71-72H2,1-11H3. The van der Waals surface area contributed by atoms with Gasteiger partial charge in [0, 0.05) is 57.5 Å². The number of benzene rings is 9. The van der Waals surface area contributed by atoms with E-state index in [1.807, 2.05) is 24.3 Å². The van der Waals surface area contributed by atoms with E-state index < -0.39 is 36.8 Å². The van der Waals surface area contributed by atoms with Gasteiger partial charge in [0.2, 0.25) is 0 Å². The number of nitro groups is 2. The van der Waals surface area contributed by atoms with E-state index in [9.17, 15) is 20.2 Å². The third-order valence-corrected chi connectivity index (χ3v) is 43.9. The first-order valence-corrected chi connectivity index (χ1v) is 50.7. The van der Waals surface area contributed by atoms with Gasteiger partial charge in [0.25, 0.3) is 11.4 Å². The summed E-state index contributed by atoms with van der Waals surface area (Å²) >= 11 is 36.4. The number of nitro benzene ring substituents is 2. The monoisotopic (exact) mass is 2380 g/mol. The zero-order chi connectivity index (χ0) is 84.2. The third-order valence-electron chi connectivity index (χ3n) is 25.6. The smallest absolute Gasteiger partial charge is 0.258 e. The van der Waals surface area contributed by atoms with E-state index in [2.05, 4.69) is 422 Å². The highest BCUT2D eigenvalue weighted by Gasteiger charge is 2.93. The molecule has 1 aliphatic rings. The van der Waals surface area contributed by atoms with Crippen LogP contribution in [0.5, 0.6) is 0 Å². The van der Waals surface area contributed by atoms with E-state index in [1.165, 1.54) is 109 Å². The van der Waals surface area contributed by atoms with Crippen molar-refractivity contribution in [2.45, 2.75) is 267 Å². The predicted molar refractivity (Wildman–Crippen MR) is 552 cm³/mol. The van der Waals surface area contributed by atoms with Crippen molar-refractivity contribution in [3.05, 3.63) is 325 Å². The maximum Gasteiger partial charge on any atom is 0.269 e. The van der Waals surface area contributed by atoms with Crippen LogP contribution in [0.3, 0.4) is 0 Å². The molecular weight excluding hydrogens is 2260 g/mol. The molecule has 620 valence electrons. The maximum absolute atomic E-state index is 14.3. The summed E-state index contributed by atoms with van der Waals surface area (Å²) < 4.78 is -6.47. The zero-order valence-electron chi connectivity index (χ0n) is 69.8. The van der Waals surface area contributed by atoms with Crippen molar-refractivity contribution in [3.8, 4) is 0 Å². The number of alkyl halides is 6. The molecule has 0 N–H and O–H groups in total. The van der Waals surface area contributed by atoms with Gasteiger partial charge in [0.15, 0.2) is 0 Å². The van der Waals surface area contributed by atoms with Crippen molar-refractivity contribution in [2.75, 3.05) is 0 Å². The molecule has 9 aromatic carbocycles. The molecule has 1 fully saturated rings. The minimum Gasteiger partial charge on any atom is -0.258 e. The summed E-state index contributed by atoms with van der Waals surface area (Å²) in [5, 5.41) is 29.9. The molecular formula is C101H119Cl2I7N2O4. The van der Waals surface area contributed by atoms with Crippen molar-refractivity contribution in [1.29, 1.82) is 0 Å². The molecule has 15 heteroatoms. The Morgan fingerprint density at radius 2 is 0.767 bits per heavy atom. The number of unbranched alkanes of at least 4 members (excludes halogenated alkanes) is 18. The van der Waals surface area contributed by atoms with Crippen LogP contribution < -0.4 is 0 Å². The first kappa shape index (κ1) is 95.7. The fourth-order valence-electron chi connectivity index (χ4n) is 20.1. The van der Waals surface area contributed by atoms with Crippen molar-refractivity contribution in [1.82, 2.24) is 0 Å². The van der Waals surface area contributed by atoms with Crippen LogP contribution in [0.4, 0.5) is 11.4 Å². The Kier molecular flexibility index (Phi) is 33.9. The van der Waals surface area contributed by atoms with E-state index in [4.69, 9.17) is 23.2 Å². The van der Waals surface area contributed by atoms with Gasteiger partial charge in [-0.1, -0.05) is 526 Å². The maximum atomic E-state index is 14.3. The van der Waals surface area contributed by atoms with Crippen molar-refractivity contribution >= 4 is 193 Å². The second kappa shape index (κ2) is 41.1. The molecule has 0 bridgehead atoms. The summed E-state index contributed by atoms with van der Waals surface area (Å²) in [6.45, 7) is 25.4. The number of nitrogens with zero attached hydrogens (tertiary/aromatic N) is 2. The van der Waals surface area contributed by atoms with E-state index in [1.54, 1.807) is 12.1 Å².